The zero-order chi connectivity index (χ0) is 15.8. The smallest absolute Gasteiger partial charge is 0.224 e. The maximum Gasteiger partial charge on any atom is 0.224 e. The molecule has 2 aromatic rings. The third-order valence-corrected chi connectivity index (χ3v) is 3.07. The third kappa shape index (κ3) is 4.70. The highest BCUT2D eigenvalue weighted by molar-refractivity contribution is 5.90. The molecule has 0 fully saturated rings. The standard InChI is InChI=1S/C17H20N2O3/c1-21-15-5-2-3-6-16(15)22-12-4-7-17(20)19-14-10-8-13(18)9-11-14/h2-3,5-6,8-11H,4,7,12,18H2,1H3,(H,19,20). The van der Waals surface area contributed by atoms with Gasteiger partial charge in [-0.05, 0) is 42.8 Å². The average molecular weight is 300 g/mol. The molecular formula is C17H20N2O3. The Kier molecular flexibility index (Phi) is 5.65. The van der Waals surface area contributed by atoms with Gasteiger partial charge in [-0.1, -0.05) is 12.1 Å². The number of carbonyl (C=O) groups excluding carboxylic acids is 1. The van der Waals surface area contributed by atoms with E-state index in [9.17, 15) is 4.79 Å². The highest BCUT2D eigenvalue weighted by atomic mass is 16.5. The van der Waals surface area contributed by atoms with Crippen molar-refractivity contribution in [3.05, 3.63) is 48.5 Å². The number of nitrogens with one attached hydrogen (secondary N) is 1. The molecule has 2 aromatic carbocycles. The molecular weight excluding hydrogens is 280 g/mol. The number of hydrogen-bond donors (Lipinski definition) is 2. The van der Waals surface area contributed by atoms with Gasteiger partial charge in [0, 0.05) is 17.8 Å². The Morgan fingerprint density at radius 1 is 1.09 bits per heavy atom. The number of rotatable bonds is 7. The van der Waals surface area contributed by atoms with E-state index in [-0.39, 0.29) is 5.91 Å². The van der Waals surface area contributed by atoms with Gasteiger partial charge in [0.2, 0.25) is 5.91 Å². The molecule has 22 heavy (non-hydrogen) atoms. The molecule has 0 aliphatic carbocycles. The summed E-state index contributed by atoms with van der Waals surface area (Å²) >= 11 is 0. The zero-order valence-corrected chi connectivity index (χ0v) is 12.5. The van der Waals surface area contributed by atoms with Gasteiger partial charge in [0.15, 0.2) is 11.5 Å². The van der Waals surface area contributed by atoms with Crippen molar-refractivity contribution in [2.24, 2.45) is 0 Å². The molecule has 3 N–H and O–H groups in total. The number of amides is 1. The van der Waals surface area contributed by atoms with Crippen LogP contribution in [0.15, 0.2) is 48.5 Å². The van der Waals surface area contributed by atoms with Crippen molar-refractivity contribution in [2.75, 3.05) is 24.8 Å². The van der Waals surface area contributed by atoms with E-state index in [0.29, 0.717) is 36.6 Å². The van der Waals surface area contributed by atoms with E-state index in [1.54, 1.807) is 31.4 Å². The Morgan fingerprint density at radius 2 is 1.77 bits per heavy atom. The van der Waals surface area contributed by atoms with Crippen LogP contribution in [0.2, 0.25) is 0 Å². The Hall–Kier alpha value is -2.69. The van der Waals surface area contributed by atoms with Crippen LogP contribution in [0.4, 0.5) is 11.4 Å². The summed E-state index contributed by atoms with van der Waals surface area (Å²) in [5, 5.41) is 2.82. The number of nitrogens with two attached hydrogens (primary N) is 1. The first kappa shape index (κ1) is 15.7. The van der Waals surface area contributed by atoms with Crippen molar-refractivity contribution < 1.29 is 14.3 Å². The fourth-order valence-corrected chi connectivity index (χ4v) is 1.94. The van der Waals surface area contributed by atoms with E-state index in [1.165, 1.54) is 0 Å². The summed E-state index contributed by atoms with van der Waals surface area (Å²) in [6.07, 6.45) is 1.01. The topological polar surface area (TPSA) is 73.6 Å². The van der Waals surface area contributed by atoms with Crippen LogP contribution >= 0.6 is 0 Å². The minimum absolute atomic E-state index is 0.0478. The molecule has 116 valence electrons. The van der Waals surface area contributed by atoms with E-state index in [2.05, 4.69) is 5.32 Å². The minimum atomic E-state index is -0.0478. The molecule has 5 heteroatoms. The number of anilines is 2. The second kappa shape index (κ2) is 7.93. The molecule has 0 radical (unpaired) electrons. The minimum Gasteiger partial charge on any atom is -0.493 e. The number of carbonyl (C=O) groups is 1. The Balaban J connectivity index is 1.72. The van der Waals surface area contributed by atoms with Gasteiger partial charge in [-0.15, -0.1) is 0 Å². The average Bonchev–Trinajstić information content (AvgIpc) is 2.54. The summed E-state index contributed by atoms with van der Waals surface area (Å²) in [6, 6.07) is 14.5. The van der Waals surface area contributed by atoms with Gasteiger partial charge in [-0.3, -0.25) is 4.79 Å². The van der Waals surface area contributed by atoms with Crippen LogP contribution in [0.1, 0.15) is 12.8 Å². The highest BCUT2D eigenvalue weighted by Gasteiger charge is 2.05. The summed E-state index contributed by atoms with van der Waals surface area (Å²) in [4.78, 5) is 11.8. The van der Waals surface area contributed by atoms with Gasteiger partial charge in [0.05, 0.1) is 13.7 Å². The molecule has 0 heterocycles. The third-order valence-electron chi connectivity index (χ3n) is 3.07. The SMILES string of the molecule is COc1ccccc1OCCCC(=O)Nc1ccc(N)cc1. The Morgan fingerprint density at radius 3 is 2.45 bits per heavy atom. The van der Waals surface area contributed by atoms with Crippen LogP contribution in [-0.2, 0) is 4.79 Å². The molecule has 0 aliphatic rings. The Labute approximate surface area is 130 Å². The molecule has 0 bridgehead atoms. The number of benzene rings is 2. The normalized spacial score (nSPS) is 10.0. The predicted molar refractivity (Wildman–Crippen MR) is 87.2 cm³/mol. The van der Waals surface area contributed by atoms with Crippen LogP contribution in [0.3, 0.4) is 0 Å². The zero-order valence-electron chi connectivity index (χ0n) is 12.5. The first-order valence-corrected chi connectivity index (χ1v) is 7.10. The molecule has 0 saturated heterocycles. The summed E-state index contributed by atoms with van der Waals surface area (Å²) < 4.78 is 10.8. The predicted octanol–water partition coefficient (Wildman–Crippen LogP) is 3.08. The van der Waals surface area contributed by atoms with Crippen LogP contribution in [-0.4, -0.2) is 19.6 Å². The van der Waals surface area contributed by atoms with Gasteiger partial charge < -0.3 is 20.5 Å². The summed E-state index contributed by atoms with van der Waals surface area (Å²) in [6.45, 7) is 0.454. The molecule has 2 rings (SSSR count). The van der Waals surface area contributed by atoms with Crippen LogP contribution in [0.5, 0.6) is 11.5 Å². The van der Waals surface area contributed by atoms with Gasteiger partial charge in [0.25, 0.3) is 0 Å². The van der Waals surface area contributed by atoms with Crippen molar-refractivity contribution in [3.8, 4) is 11.5 Å². The van der Waals surface area contributed by atoms with Crippen molar-refractivity contribution >= 4 is 17.3 Å². The molecule has 0 unspecified atom stereocenters. The maximum atomic E-state index is 11.8. The molecule has 0 spiro atoms. The van der Waals surface area contributed by atoms with Gasteiger partial charge in [-0.25, -0.2) is 0 Å². The monoisotopic (exact) mass is 300 g/mol. The number of nitrogen functional groups attached to an aromatic ring is 1. The molecule has 0 atom stereocenters. The van der Waals surface area contributed by atoms with Gasteiger partial charge in [-0.2, -0.15) is 0 Å². The van der Waals surface area contributed by atoms with Crippen LogP contribution < -0.4 is 20.5 Å². The van der Waals surface area contributed by atoms with E-state index >= 15 is 0 Å². The van der Waals surface area contributed by atoms with Crippen molar-refractivity contribution in [1.29, 1.82) is 0 Å². The van der Waals surface area contributed by atoms with Crippen molar-refractivity contribution in [3.63, 3.8) is 0 Å². The number of methoxy groups -OCH3 is 1. The molecule has 0 aromatic heterocycles. The van der Waals surface area contributed by atoms with E-state index in [4.69, 9.17) is 15.2 Å². The van der Waals surface area contributed by atoms with Crippen molar-refractivity contribution in [2.45, 2.75) is 12.8 Å². The van der Waals surface area contributed by atoms with Crippen LogP contribution in [0.25, 0.3) is 0 Å². The quantitative estimate of drug-likeness (QED) is 0.609. The fraction of sp³-hybridized carbons (Fsp3) is 0.235. The summed E-state index contributed by atoms with van der Waals surface area (Å²) in [5.74, 6) is 1.33. The second-order valence-corrected chi connectivity index (χ2v) is 4.77. The largest absolute Gasteiger partial charge is 0.493 e. The highest BCUT2D eigenvalue weighted by Crippen LogP contribution is 2.25. The van der Waals surface area contributed by atoms with E-state index in [0.717, 1.165) is 5.69 Å². The fourth-order valence-electron chi connectivity index (χ4n) is 1.94. The van der Waals surface area contributed by atoms with Crippen LogP contribution in [0, 0.1) is 0 Å². The van der Waals surface area contributed by atoms with Crippen molar-refractivity contribution in [1.82, 2.24) is 0 Å². The molecule has 0 aliphatic heterocycles. The van der Waals surface area contributed by atoms with E-state index in [1.807, 2.05) is 24.3 Å². The lowest BCUT2D eigenvalue weighted by atomic mass is 10.2. The maximum absolute atomic E-state index is 11.8. The number of para-hydroxylation sites is 2. The summed E-state index contributed by atoms with van der Waals surface area (Å²) in [7, 11) is 1.60. The van der Waals surface area contributed by atoms with E-state index < -0.39 is 0 Å². The lowest BCUT2D eigenvalue weighted by Crippen LogP contribution is -2.12. The first-order chi connectivity index (χ1) is 10.7. The lowest BCUT2D eigenvalue weighted by molar-refractivity contribution is -0.116. The molecule has 0 saturated carbocycles. The van der Waals surface area contributed by atoms with Gasteiger partial charge >= 0.3 is 0 Å². The second-order valence-electron chi connectivity index (χ2n) is 4.77. The van der Waals surface area contributed by atoms with Gasteiger partial charge in [0.1, 0.15) is 0 Å². The first-order valence-electron chi connectivity index (χ1n) is 7.10. The number of hydrogen-bond acceptors (Lipinski definition) is 4. The summed E-state index contributed by atoms with van der Waals surface area (Å²) in [5.41, 5.74) is 7.01. The number of ether oxygens (including phenoxy) is 2. The Bertz CT molecular complexity index is 612. The lowest BCUT2D eigenvalue weighted by Gasteiger charge is -2.10. The molecule has 5 nitrogen and oxygen atoms in total. The molecule has 1 amide bonds.